The summed E-state index contributed by atoms with van der Waals surface area (Å²) in [5.41, 5.74) is 8.71. The molecule has 0 fully saturated rings. The molecule has 1 aliphatic heterocycles. The Morgan fingerprint density at radius 1 is 1.43 bits per heavy atom. The standard InChI is InChI=1S/C17H23N3S/c1-3-14(18)10-13-4-5-17(19-11-13)20-8-6-16-15(12(20)2)7-9-21-16/h4-5,7,9,11-12,14H,3,6,8,10,18H2,1-2H3. The van der Waals surface area contributed by atoms with Crippen LogP contribution in [0.25, 0.3) is 0 Å². The third kappa shape index (κ3) is 2.97. The molecule has 2 N–H and O–H groups in total. The summed E-state index contributed by atoms with van der Waals surface area (Å²) >= 11 is 1.88. The van der Waals surface area contributed by atoms with E-state index in [1.807, 2.05) is 17.5 Å². The molecule has 0 saturated carbocycles. The number of fused-ring (bicyclic) bond motifs is 1. The lowest BCUT2D eigenvalue weighted by Crippen LogP contribution is -2.33. The van der Waals surface area contributed by atoms with Crippen molar-refractivity contribution in [2.24, 2.45) is 5.73 Å². The Labute approximate surface area is 130 Å². The number of pyridine rings is 1. The third-order valence-electron chi connectivity index (χ3n) is 4.40. The average molecular weight is 301 g/mol. The highest BCUT2D eigenvalue weighted by atomic mass is 32.1. The van der Waals surface area contributed by atoms with Gasteiger partial charge in [0.2, 0.25) is 0 Å². The fourth-order valence-electron chi connectivity index (χ4n) is 2.98. The maximum absolute atomic E-state index is 6.01. The van der Waals surface area contributed by atoms with Crippen LogP contribution in [0.1, 0.15) is 42.3 Å². The van der Waals surface area contributed by atoms with Crippen molar-refractivity contribution < 1.29 is 0 Å². The van der Waals surface area contributed by atoms with Crippen molar-refractivity contribution in [1.29, 1.82) is 0 Å². The van der Waals surface area contributed by atoms with Crippen LogP contribution in [0.3, 0.4) is 0 Å². The lowest BCUT2D eigenvalue weighted by atomic mass is 10.0. The molecular weight excluding hydrogens is 278 g/mol. The smallest absolute Gasteiger partial charge is 0.128 e. The molecule has 0 amide bonds. The summed E-state index contributed by atoms with van der Waals surface area (Å²) in [5, 5.41) is 2.20. The van der Waals surface area contributed by atoms with Crippen molar-refractivity contribution in [1.82, 2.24) is 4.98 Å². The van der Waals surface area contributed by atoms with Crippen molar-refractivity contribution in [3.8, 4) is 0 Å². The minimum atomic E-state index is 0.236. The molecule has 3 heterocycles. The Morgan fingerprint density at radius 3 is 3.00 bits per heavy atom. The molecule has 0 spiro atoms. The third-order valence-corrected chi connectivity index (χ3v) is 5.40. The maximum atomic E-state index is 6.01. The van der Waals surface area contributed by atoms with Gasteiger partial charge in [-0.1, -0.05) is 13.0 Å². The van der Waals surface area contributed by atoms with Crippen molar-refractivity contribution in [2.45, 2.75) is 45.2 Å². The maximum Gasteiger partial charge on any atom is 0.128 e. The quantitative estimate of drug-likeness (QED) is 0.939. The number of nitrogens with zero attached hydrogens (tertiary/aromatic N) is 2. The number of anilines is 1. The molecule has 3 nitrogen and oxygen atoms in total. The minimum Gasteiger partial charge on any atom is -0.349 e. The highest BCUT2D eigenvalue weighted by molar-refractivity contribution is 7.10. The first-order chi connectivity index (χ1) is 10.2. The molecular formula is C17H23N3S. The van der Waals surface area contributed by atoms with E-state index in [4.69, 9.17) is 5.73 Å². The zero-order chi connectivity index (χ0) is 14.8. The first-order valence-corrected chi connectivity index (χ1v) is 8.60. The molecule has 2 atom stereocenters. The van der Waals surface area contributed by atoms with Crippen LogP contribution in [-0.2, 0) is 12.8 Å². The number of hydrogen-bond donors (Lipinski definition) is 1. The van der Waals surface area contributed by atoms with Gasteiger partial charge in [-0.2, -0.15) is 0 Å². The molecule has 0 radical (unpaired) electrons. The predicted molar refractivity (Wildman–Crippen MR) is 90.0 cm³/mol. The van der Waals surface area contributed by atoms with Gasteiger partial charge in [-0.25, -0.2) is 4.98 Å². The highest BCUT2D eigenvalue weighted by Gasteiger charge is 2.25. The second-order valence-electron chi connectivity index (χ2n) is 5.82. The topological polar surface area (TPSA) is 42.1 Å². The molecule has 3 rings (SSSR count). The molecule has 1 aliphatic rings. The van der Waals surface area contributed by atoms with E-state index >= 15 is 0 Å². The summed E-state index contributed by atoms with van der Waals surface area (Å²) < 4.78 is 0. The van der Waals surface area contributed by atoms with E-state index in [0.29, 0.717) is 6.04 Å². The molecule has 112 valence electrons. The predicted octanol–water partition coefficient (Wildman–Crippen LogP) is 3.55. The number of nitrogens with two attached hydrogens (primary N) is 1. The Bertz CT molecular complexity index is 590. The van der Waals surface area contributed by atoms with Gasteiger partial charge in [-0.3, -0.25) is 0 Å². The van der Waals surface area contributed by atoms with Gasteiger partial charge in [0.1, 0.15) is 5.82 Å². The summed E-state index contributed by atoms with van der Waals surface area (Å²) in [5.74, 6) is 1.08. The number of hydrogen-bond acceptors (Lipinski definition) is 4. The first kappa shape index (κ1) is 14.5. The van der Waals surface area contributed by atoms with E-state index in [1.165, 1.54) is 16.0 Å². The zero-order valence-electron chi connectivity index (χ0n) is 12.7. The van der Waals surface area contributed by atoms with E-state index in [1.54, 1.807) is 0 Å². The van der Waals surface area contributed by atoms with Gasteiger partial charge < -0.3 is 10.6 Å². The molecule has 2 aromatic heterocycles. The summed E-state index contributed by atoms with van der Waals surface area (Å²) in [6, 6.07) is 7.22. The van der Waals surface area contributed by atoms with E-state index in [2.05, 4.69) is 47.3 Å². The Balaban J connectivity index is 1.76. The fraction of sp³-hybridized carbons (Fsp3) is 0.471. The van der Waals surface area contributed by atoms with Crippen LogP contribution in [0.15, 0.2) is 29.8 Å². The zero-order valence-corrected chi connectivity index (χ0v) is 13.6. The highest BCUT2D eigenvalue weighted by Crippen LogP contribution is 2.35. The lowest BCUT2D eigenvalue weighted by molar-refractivity contribution is 0.622. The molecule has 0 aliphatic carbocycles. The second kappa shape index (κ2) is 6.16. The number of aromatic nitrogens is 1. The summed E-state index contributed by atoms with van der Waals surface area (Å²) in [7, 11) is 0. The number of rotatable bonds is 4. The monoisotopic (exact) mass is 301 g/mol. The molecule has 0 saturated heterocycles. The van der Waals surface area contributed by atoms with Crippen LogP contribution in [0, 0.1) is 0 Å². The average Bonchev–Trinajstić information content (AvgIpc) is 2.98. The minimum absolute atomic E-state index is 0.236. The van der Waals surface area contributed by atoms with Crippen LogP contribution in [-0.4, -0.2) is 17.6 Å². The molecule has 0 bridgehead atoms. The van der Waals surface area contributed by atoms with E-state index < -0.39 is 0 Å². The van der Waals surface area contributed by atoms with E-state index in [-0.39, 0.29) is 6.04 Å². The van der Waals surface area contributed by atoms with Gasteiger partial charge in [0.05, 0.1) is 6.04 Å². The summed E-state index contributed by atoms with van der Waals surface area (Å²) in [6.45, 7) is 5.45. The Morgan fingerprint density at radius 2 is 2.29 bits per heavy atom. The number of thiophene rings is 1. The molecule has 4 heteroatoms. The molecule has 21 heavy (non-hydrogen) atoms. The van der Waals surface area contributed by atoms with Crippen LogP contribution >= 0.6 is 11.3 Å². The molecule has 0 aromatic carbocycles. The van der Waals surface area contributed by atoms with Gasteiger partial charge >= 0.3 is 0 Å². The molecule has 2 aromatic rings. The van der Waals surface area contributed by atoms with Crippen LogP contribution in [0.5, 0.6) is 0 Å². The normalized spacial score (nSPS) is 19.4. The van der Waals surface area contributed by atoms with Crippen molar-refractivity contribution in [2.75, 3.05) is 11.4 Å². The largest absolute Gasteiger partial charge is 0.349 e. The Hall–Kier alpha value is -1.39. The van der Waals surface area contributed by atoms with Crippen molar-refractivity contribution in [3.05, 3.63) is 45.8 Å². The molecule has 2 unspecified atom stereocenters. The van der Waals surface area contributed by atoms with Gasteiger partial charge in [-0.05, 0) is 54.8 Å². The van der Waals surface area contributed by atoms with E-state index in [9.17, 15) is 0 Å². The van der Waals surface area contributed by atoms with E-state index in [0.717, 1.165) is 31.6 Å². The summed E-state index contributed by atoms with van der Waals surface area (Å²) in [6.07, 6.45) is 5.03. The van der Waals surface area contributed by atoms with Crippen LogP contribution < -0.4 is 10.6 Å². The van der Waals surface area contributed by atoms with Crippen LogP contribution in [0.4, 0.5) is 5.82 Å². The van der Waals surface area contributed by atoms with Gasteiger partial charge in [-0.15, -0.1) is 11.3 Å². The first-order valence-electron chi connectivity index (χ1n) is 7.72. The SMILES string of the molecule is CCC(N)Cc1ccc(N2CCc3sccc3C2C)nc1. The van der Waals surface area contributed by atoms with Crippen molar-refractivity contribution in [3.63, 3.8) is 0 Å². The summed E-state index contributed by atoms with van der Waals surface area (Å²) in [4.78, 5) is 8.60. The van der Waals surface area contributed by atoms with Crippen molar-refractivity contribution >= 4 is 17.2 Å². The lowest BCUT2D eigenvalue weighted by Gasteiger charge is -2.34. The fourth-order valence-corrected chi connectivity index (χ4v) is 3.94. The Kier molecular flexibility index (Phi) is 4.27. The van der Waals surface area contributed by atoms with Crippen LogP contribution in [0.2, 0.25) is 0 Å². The van der Waals surface area contributed by atoms with Gasteiger partial charge in [0.25, 0.3) is 0 Å². The van der Waals surface area contributed by atoms with Gasteiger partial charge in [0, 0.05) is 23.7 Å². The van der Waals surface area contributed by atoms with Gasteiger partial charge in [0.15, 0.2) is 0 Å². The second-order valence-corrected chi connectivity index (χ2v) is 6.82.